The maximum Gasteiger partial charge on any atom is 0.152 e. The zero-order valence-corrected chi connectivity index (χ0v) is 8.67. The van der Waals surface area contributed by atoms with Crippen LogP contribution in [0.1, 0.15) is 37.4 Å². The first kappa shape index (κ1) is 8.95. The number of nitrogens with zero attached hydrogens (tertiary/aromatic N) is 2. The summed E-state index contributed by atoms with van der Waals surface area (Å²) in [6.07, 6.45) is 2.30. The molecular weight excluding hydrogens is 184 g/mol. The van der Waals surface area contributed by atoms with Crippen LogP contribution in [0.4, 0.5) is 0 Å². The number of fused-ring (bicyclic) bond motifs is 1. The first-order valence-electron chi connectivity index (χ1n) is 4.69. The molecule has 0 amide bonds. The van der Waals surface area contributed by atoms with Gasteiger partial charge in [0.25, 0.3) is 0 Å². The molecule has 0 bridgehead atoms. The van der Waals surface area contributed by atoms with Crippen molar-refractivity contribution in [3.8, 4) is 0 Å². The maximum atomic E-state index is 5.80. The van der Waals surface area contributed by atoms with E-state index in [-0.39, 0.29) is 0 Å². The van der Waals surface area contributed by atoms with Crippen LogP contribution >= 0.6 is 11.6 Å². The summed E-state index contributed by atoms with van der Waals surface area (Å²) in [4.78, 5) is 0. The van der Waals surface area contributed by atoms with Gasteiger partial charge in [-0.3, -0.25) is 0 Å². The van der Waals surface area contributed by atoms with E-state index in [0.29, 0.717) is 11.1 Å². The molecule has 3 heteroatoms. The molecule has 13 heavy (non-hydrogen) atoms. The molecule has 0 spiro atoms. The van der Waals surface area contributed by atoms with Crippen LogP contribution < -0.4 is 0 Å². The molecule has 1 aromatic rings. The zero-order valence-electron chi connectivity index (χ0n) is 7.92. The largest absolute Gasteiger partial charge is 0.154 e. The topological polar surface area (TPSA) is 25.8 Å². The number of aromatic nitrogens is 2. The summed E-state index contributed by atoms with van der Waals surface area (Å²) in [5, 5.41) is 8.55. The Morgan fingerprint density at radius 2 is 2.15 bits per heavy atom. The molecule has 2 nitrogen and oxygen atoms in total. The third-order valence-corrected chi connectivity index (χ3v) is 2.85. The molecule has 2 atom stereocenters. The van der Waals surface area contributed by atoms with E-state index < -0.39 is 0 Å². The van der Waals surface area contributed by atoms with E-state index in [1.165, 1.54) is 12.0 Å². The molecule has 0 N–H and O–H groups in total. The zero-order chi connectivity index (χ0) is 9.42. The van der Waals surface area contributed by atoms with E-state index in [1.54, 1.807) is 0 Å². The number of halogens is 1. The minimum Gasteiger partial charge on any atom is -0.154 e. The molecule has 0 fully saturated rings. The fraction of sp³-hybridized carbons (Fsp3) is 0.600. The van der Waals surface area contributed by atoms with Crippen molar-refractivity contribution in [2.24, 2.45) is 5.92 Å². The average Bonchev–Trinajstić information content (AvgIpc) is 2.02. The van der Waals surface area contributed by atoms with Crippen LogP contribution in [0.25, 0.3) is 0 Å². The standard InChI is InChI=1S/C10H13ClN2/c1-6-3-7(2)10-8(4-6)5-9(11)12-13-10/h5-7H,3-4H2,1-2H3. The van der Waals surface area contributed by atoms with E-state index in [2.05, 4.69) is 24.0 Å². The van der Waals surface area contributed by atoms with Crippen LogP contribution in [0.2, 0.25) is 5.15 Å². The van der Waals surface area contributed by atoms with E-state index in [9.17, 15) is 0 Å². The normalized spacial score (nSPS) is 27.0. The molecule has 1 heterocycles. The molecule has 0 saturated carbocycles. The van der Waals surface area contributed by atoms with E-state index in [0.717, 1.165) is 18.0 Å². The first-order valence-corrected chi connectivity index (χ1v) is 5.06. The molecule has 1 aliphatic carbocycles. The first-order chi connectivity index (χ1) is 6.16. The highest BCUT2D eigenvalue weighted by atomic mass is 35.5. The van der Waals surface area contributed by atoms with Gasteiger partial charge < -0.3 is 0 Å². The van der Waals surface area contributed by atoms with Crippen LogP contribution in [-0.2, 0) is 6.42 Å². The highest BCUT2D eigenvalue weighted by molar-refractivity contribution is 6.29. The third-order valence-electron chi connectivity index (χ3n) is 2.67. The Labute approximate surface area is 83.3 Å². The average molecular weight is 197 g/mol. The maximum absolute atomic E-state index is 5.80. The second-order valence-electron chi connectivity index (χ2n) is 4.02. The second kappa shape index (κ2) is 3.26. The van der Waals surface area contributed by atoms with Gasteiger partial charge in [0.1, 0.15) is 0 Å². The predicted octanol–water partition coefficient (Wildman–Crippen LogP) is 2.82. The Kier molecular flexibility index (Phi) is 2.24. The van der Waals surface area contributed by atoms with Crippen molar-refractivity contribution in [1.29, 1.82) is 0 Å². The SMILES string of the molecule is CC1Cc2cc(Cl)nnc2C(C)C1. The molecule has 1 aliphatic rings. The highest BCUT2D eigenvalue weighted by Crippen LogP contribution is 2.33. The Morgan fingerprint density at radius 3 is 2.92 bits per heavy atom. The lowest BCUT2D eigenvalue weighted by atomic mass is 9.82. The van der Waals surface area contributed by atoms with Crippen molar-refractivity contribution in [3.63, 3.8) is 0 Å². The van der Waals surface area contributed by atoms with Crippen molar-refractivity contribution in [2.45, 2.75) is 32.6 Å². The number of hydrogen-bond donors (Lipinski definition) is 0. The molecule has 0 aliphatic heterocycles. The van der Waals surface area contributed by atoms with Crippen molar-refractivity contribution >= 4 is 11.6 Å². The lowest BCUT2D eigenvalue weighted by Crippen LogP contribution is -2.16. The van der Waals surface area contributed by atoms with Crippen LogP contribution in [0, 0.1) is 5.92 Å². The van der Waals surface area contributed by atoms with Crippen molar-refractivity contribution in [2.75, 3.05) is 0 Å². The van der Waals surface area contributed by atoms with Gasteiger partial charge in [-0.2, -0.15) is 5.10 Å². The molecule has 0 saturated heterocycles. The van der Waals surface area contributed by atoms with E-state index in [1.807, 2.05) is 6.07 Å². The Bertz CT molecular complexity index is 325. The molecular formula is C10H13ClN2. The molecule has 70 valence electrons. The van der Waals surface area contributed by atoms with Crippen molar-refractivity contribution < 1.29 is 0 Å². The van der Waals surface area contributed by atoms with Gasteiger partial charge in [-0.05, 0) is 30.4 Å². The molecule has 0 aromatic carbocycles. The fourth-order valence-electron chi connectivity index (χ4n) is 2.16. The second-order valence-corrected chi connectivity index (χ2v) is 4.41. The molecule has 0 radical (unpaired) electrons. The monoisotopic (exact) mass is 196 g/mol. The summed E-state index contributed by atoms with van der Waals surface area (Å²) in [5.74, 6) is 1.27. The highest BCUT2D eigenvalue weighted by Gasteiger charge is 2.23. The fourth-order valence-corrected chi connectivity index (χ4v) is 2.33. The smallest absolute Gasteiger partial charge is 0.152 e. The Hall–Kier alpha value is -0.630. The Morgan fingerprint density at radius 1 is 1.38 bits per heavy atom. The van der Waals surface area contributed by atoms with Crippen LogP contribution in [0.5, 0.6) is 0 Å². The van der Waals surface area contributed by atoms with Crippen LogP contribution in [0.3, 0.4) is 0 Å². The van der Waals surface area contributed by atoms with Gasteiger partial charge in [-0.25, -0.2) is 0 Å². The molecule has 2 rings (SSSR count). The molecule has 1 aromatic heterocycles. The lowest BCUT2D eigenvalue weighted by molar-refractivity contribution is 0.437. The number of rotatable bonds is 0. The van der Waals surface area contributed by atoms with Crippen molar-refractivity contribution in [3.05, 3.63) is 22.5 Å². The van der Waals surface area contributed by atoms with Gasteiger partial charge in [0.05, 0.1) is 5.69 Å². The van der Waals surface area contributed by atoms with Gasteiger partial charge in [0.2, 0.25) is 0 Å². The summed E-state index contributed by atoms with van der Waals surface area (Å²) in [5.41, 5.74) is 2.42. The van der Waals surface area contributed by atoms with E-state index in [4.69, 9.17) is 11.6 Å². The van der Waals surface area contributed by atoms with Crippen molar-refractivity contribution in [1.82, 2.24) is 10.2 Å². The minimum atomic E-state index is 0.514. The summed E-state index contributed by atoms with van der Waals surface area (Å²) in [6.45, 7) is 4.48. The lowest BCUT2D eigenvalue weighted by Gasteiger charge is -2.25. The third kappa shape index (κ3) is 1.68. The summed E-state index contributed by atoms with van der Waals surface area (Å²) >= 11 is 5.80. The van der Waals surface area contributed by atoms with E-state index >= 15 is 0 Å². The van der Waals surface area contributed by atoms with Crippen LogP contribution in [-0.4, -0.2) is 10.2 Å². The Balaban J connectivity index is 2.43. The summed E-state index contributed by atoms with van der Waals surface area (Å²) in [7, 11) is 0. The quantitative estimate of drug-likeness (QED) is 0.638. The van der Waals surface area contributed by atoms with Gasteiger partial charge in [-0.15, -0.1) is 5.10 Å². The predicted molar refractivity (Wildman–Crippen MR) is 52.9 cm³/mol. The van der Waals surface area contributed by atoms with Gasteiger partial charge in [0.15, 0.2) is 5.15 Å². The molecule has 2 unspecified atom stereocenters. The van der Waals surface area contributed by atoms with Gasteiger partial charge >= 0.3 is 0 Å². The van der Waals surface area contributed by atoms with Gasteiger partial charge in [0, 0.05) is 5.92 Å². The summed E-state index contributed by atoms with van der Waals surface area (Å²) in [6, 6.07) is 1.95. The minimum absolute atomic E-state index is 0.514. The van der Waals surface area contributed by atoms with Gasteiger partial charge in [-0.1, -0.05) is 25.4 Å². The van der Waals surface area contributed by atoms with Crippen LogP contribution in [0.15, 0.2) is 6.07 Å². The summed E-state index contributed by atoms with van der Waals surface area (Å²) < 4.78 is 0. The number of hydrogen-bond acceptors (Lipinski definition) is 2.